The summed E-state index contributed by atoms with van der Waals surface area (Å²) in [5.74, 6) is -1.53. The van der Waals surface area contributed by atoms with Crippen LogP contribution in [0.1, 0.15) is 46.3 Å². The van der Waals surface area contributed by atoms with Crippen LogP contribution >= 0.6 is 34.8 Å². The average Bonchev–Trinajstić information content (AvgIpc) is 3.61. The van der Waals surface area contributed by atoms with E-state index in [0.29, 0.717) is 24.0 Å². The Morgan fingerprint density at radius 2 is 1.64 bits per heavy atom. The zero-order valence-corrected chi connectivity index (χ0v) is 22.4. The van der Waals surface area contributed by atoms with Crippen molar-refractivity contribution in [3.8, 4) is 0 Å². The molecule has 1 fully saturated rings. The highest BCUT2D eigenvalue weighted by Gasteiger charge is 2.62. The minimum absolute atomic E-state index is 0.0115. The number of carbonyl (C=O) groups excluding carboxylic acids is 2. The molecule has 7 nitrogen and oxygen atoms in total. The Hall–Kier alpha value is -3.21. The normalized spacial score (nSPS) is 18.9. The summed E-state index contributed by atoms with van der Waals surface area (Å²) < 4.78 is 43.0. The quantitative estimate of drug-likeness (QED) is 0.299. The second-order valence-electron chi connectivity index (χ2n) is 9.27. The molecule has 1 atom stereocenters. The Kier molecular flexibility index (Phi) is 7.07. The summed E-state index contributed by atoms with van der Waals surface area (Å²) in [4.78, 5) is 40.5. The van der Waals surface area contributed by atoms with Gasteiger partial charge in [-0.2, -0.15) is 13.2 Å². The smallest absolute Gasteiger partial charge is 0.374 e. The zero-order chi connectivity index (χ0) is 28.1. The number of anilines is 1. The molecule has 0 bridgehead atoms. The topological polar surface area (TPSA) is 84.8 Å². The van der Waals surface area contributed by atoms with Crippen LogP contribution in [0.15, 0.2) is 53.9 Å². The summed E-state index contributed by atoms with van der Waals surface area (Å²) in [6.07, 6.45) is -1.65. The third-order valence-corrected chi connectivity index (χ3v) is 7.09. The highest BCUT2D eigenvalue weighted by atomic mass is 35.5. The molecule has 0 N–H and O–H groups in total. The Balaban J connectivity index is 1.45. The lowest BCUT2D eigenvalue weighted by molar-refractivity contribution is -0.275. The molecule has 2 amide bonds. The van der Waals surface area contributed by atoms with Crippen molar-refractivity contribution in [2.75, 3.05) is 4.90 Å². The van der Waals surface area contributed by atoms with Crippen molar-refractivity contribution in [1.82, 2.24) is 9.97 Å². The maximum absolute atomic E-state index is 14.3. The number of aryl methyl sites for hydroxylation is 1. The number of halogens is 6. The lowest BCUT2D eigenvalue weighted by atomic mass is 9.86. The number of nitrogens with zero attached hydrogens (tertiary/aromatic N) is 4. The monoisotopic (exact) mass is 596 g/mol. The van der Waals surface area contributed by atoms with E-state index in [1.54, 1.807) is 6.92 Å². The molecule has 2 aromatic carbocycles. The highest BCUT2D eigenvalue weighted by Crippen LogP contribution is 2.49. The molecule has 0 radical (unpaired) electrons. The lowest BCUT2D eigenvalue weighted by Crippen LogP contribution is -2.42. The van der Waals surface area contributed by atoms with E-state index in [4.69, 9.17) is 39.6 Å². The molecule has 1 saturated carbocycles. The number of benzene rings is 2. The van der Waals surface area contributed by atoms with Crippen LogP contribution < -0.4 is 4.90 Å². The molecular formula is C26H18Cl3F3N4O3. The van der Waals surface area contributed by atoms with E-state index >= 15 is 0 Å². The molecule has 1 aliphatic heterocycles. The van der Waals surface area contributed by atoms with Gasteiger partial charge in [0.2, 0.25) is 11.9 Å². The van der Waals surface area contributed by atoms with Gasteiger partial charge in [-0.1, -0.05) is 46.0 Å². The van der Waals surface area contributed by atoms with Crippen LogP contribution in [0, 0.1) is 12.8 Å². The molecule has 5 rings (SSSR count). The van der Waals surface area contributed by atoms with Gasteiger partial charge in [0.1, 0.15) is 0 Å². The summed E-state index contributed by atoms with van der Waals surface area (Å²) in [6.45, 7) is 1.60. The highest BCUT2D eigenvalue weighted by molar-refractivity contribution is 6.34. The van der Waals surface area contributed by atoms with Gasteiger partial charge in [0.25, 0.3) is 11.5 Å². The summed E-state index contributed by atoms with van der Waals surface area (Å²) in [6, 6.07) is 7.96. The maximum Gasteiger partial charge on any atom is 0.435 e. The zero-order valence-electron chi connectivity index (χ0n) is 20.1. The number of amides is 2. The van der Waals surface area contributed by atoms with Crippen LogP contribution in [0.3, 0.4) is 0 Å². The van der Waals surface area contributed by atoms with Crippen molar-refractivity contribution in [3.05, 3.63) is 86.1 Å². The third-order valence-electron chi connectivity index (χ3n) is 6.46. The number of hydrogen-bond donors (Lipinski definition) is 0. The van der Waals surface area contributed by atoms with Crippen molar-refractivity contribution in [1.29, 1.82) is 0 Å². The number of aromatic nitrogens is 2. The molecular weight excluding hydrogens is 580 g/mol. The Labute approximate surface area is 235 Å². The first-order valence-electron chi connectivity index (χ1n) is 11.6. The Morgan fingerprint density at radius 1 is 1.00 bits per heavy atom. The van der Waals surface area contributed by atoms with Gasteiger partial charge in [-0.3, -0.25) is 9.59 Å². The molecule has 2 aliphatic rings. The van der Waals surface area contributed by atoms with Gasteiger partial charge < -0.3 is 4.84 Å². The van der Waals surface area contributed by atoms with E-state index in [9.17, 15) is 22.8 Å². The number of hydrogen-bond acceptors (Lipinski definition) is 6. The van der Waals surface area contributed by atoms with Crippen LogP contribution in [0.5, 0.6) is 0 Å². The van der Waals surface area contributed by atoms with E-state index in [0.717, 1.165) is 17.0 Å². The van der Waals surface area contributed by atoms with E-state index in [-0.39, 0.29) is 43.8 Å². The predicted molar refractivity (Wildman–Crippen MR) is 139 cm³/mol. The predicted octanol–water partition coefficient (Wildman–Crippen LogP) is 6.91. The number of imide groups is 1. The van der Waals surface area contributed by atoms with Crippen molar-refractivity contribution in [3.63, 3.8) is 0 Å². The first-order chi connectivity index (χ1) is 18.4. The SMILES string of the molecule is Cc1cc(C2=NOC(c3cc(Cl)cc(Cl)c3)(C(F)(F)F)C2)ccc1C(=O)N(C(=O)C1CC1)c1ncc(Cl)cn1. The first kappa shape index (κ1) is 27.4. The fraction of sp³-hybridized carbons (Fsp3) is 0.269. The van der Waals surface area contributed by atoms with Crippen molar-refractivity contribution in [2.45, 2.75) is 38.0 Å². The number of carbonyl (C=O) groups is 2. The lowest BCUT2D eigenvalue weighted by Gasteiger charge is -2.29. The molecule has 1 unspecified atom stereocenters. The van der Waals surface area contributed by atoms with Crippen LogP contribution in [0.25, 0.3) is 0 Å². The molecule has 2 heterocycles. The van der Waals surface area contributed by atoms with E-state index in [1.165, 1.54) is 36.7 Å². The van der Waals surface area contributed by atoms with E-state index < -0.39 is 30.0 Å². The van der Waals surface area contributed by atoms with Gasteiger partial charge in [0, 0.05) is 33.5 Å². The molecule has 0 saturated heterocycles. The van der Waals surface area contributed by atoms with Crippen LogP contribution in [0.2, 0.25) is 15.1 Å². The Morgan fingerprint density at radius 3 is 2.21 bits per heavy atom. The van der Waals surface area contributed by atoms with Gasteiger partial charge >= 0.3 is 6.18 Å². The molecule has 39 heavy (non-hydrogen) atoms. The number of alkyl halides is 3. The van der Waals surface area contributed by atoms with Crippen molar-refractivity contribution in [2.24, 2.45) is 11.1 Å². The van der Waals surface area contributed by atoms with Gasteiger partial charge in [-0.25, -0.2) is 14.9 Å². The summed E-state index contributed by atoms with van der Waals surface area (Å²) in [5, 5.41) is 4.03. The standard InChI is InChI=1S/C26H18Cl3F3N4O3/c1-13-6-15(21-10-25(39-35-21,26(30,31)32)16-7-17(27)9-18(28)8-16)4-5-20(13)23(38)36(22(37)14-2-3-14)24-33-11-19(29)12-34-24/h4-9,11-12,14H,2-3,10H2,1H3. The van der Waals surface area contributed by atoms with Crippen molar-refractivity contribution >= 4 is 58.3 Å². The van der Waals surface area contributed by atoms with Crippen LogP contribution in [-0.2, 0) is 15.2 Å². The fourth-order valence-corrected chi connectivity index (χ4v) is 4.90. The second-order valence-corrected chi connectivity index (χ2v) is 10.6. The number of rotatable bonds is 5. The summed E-state index contributed by atoms with van der Waals surface area (Å²) in [5.41, 5.74) is -2.21. The second kappa shape index (κ2) is 10.1. The minimum atomic E-state index is -4.85. The minimum Gasteiger partial charge on any atom is -0.374 e. The molecule has 1 aliphatic carbocycles. The molecule has 0 spiro atoms. The fourth-order valence-electron chi connectivity index (χ4n) is 4.27. The van der Waals surface area contributed by atoms with Gasteiger partial charge in [-0.15, -0.1) is 0 Å². The summed E-state index contributed by atoms with van der Waals surface area (Å²) in [7, 11) is 0. The largest absolute Gasteiger partial charge is 0.435 e. The molecule has 3 aromatic rings. The van der Waals surface area contributed by atoms with Gasteiger partial charge in [0.05, 0.1) is 23.1 Å². The van der Waals surface area contributed by atoms with E-state index in [2.05, 4.69) is 15.1 Å². The summed E-state index contributed by atoms with van der Waals surface area (Å²) >= 11 is 17.8. The first-order valence-corrected chi connectivity index (χ1v) is 12.8. The van der Waals surface area contributed by atoms with E-state index in [1.807, 2.05) is 0 Å². The number of oxime groups is 1. The maximum atomic E-state index is 14.3. The van der Waals surface area contributed by atoms with Crippen molar-refractivity contribution < 1.29 is 27.6 Å². The molecule has 202 valence electrons. The molecule has 1 aromatic heterocycles. The third kappa shape index (κ3) is 5.20. The Bertz CT molecular complexity index is 1490. The molecule has 13 heteroatoms. The van der Waals surface area contributed by atoms with Crippen LogP contribution in [-0.4, -0.2) is 33.7 Å². The van der Waals surface area contributed by atoms with Gasteiger partial charge in [-0.05, 0) is 61.2 Å². The van der Waals surface area contributed by atoms with Crippen LogP contribution in [0.4, 0.5) is 19.1 Å². The van der Waals surface area contributed by atoms with Gasteiger partial charge in [0.15, 0.2) is 0 Å². The average molecular weight is 598 g/mol.